The zero-order chi connectivity index (χ0) is 12.3. The molecular weight excluding hydrogens is 261 g/mol. The molecule has 92 valence electrons. The van der Waals surface area contributed by atoms with Gasteiger partial charge >= 0.3 is 0 Å². The summed E-state index contributed by atoms with van der Waals surface area (Å²) in [6, 6.07) is 5.01. The van der Waals surface area contributed by atoms with Gasteiger partial charge < -0.3 is 10.1 Å². The second-order valence-corrected chi connectivity index (χ2v) is 4.73. The quantitative estimate of drug-likeness (QED) is 0.920. The van der Waals surface area contributed by atoms with Crippen molar-refractivity contribution in [2.75, 3.05) is 13.2 Å². The van der Waals surface area contributed by atoms with E-state index in [9.17, 15) is 4.79 Å². The second-order valence-electron chi connectivity index (χ2n) is 3.95. The normalized spacial score (nSPS) is 19.3. The first-order valence-corrected chi connectivity index (χ1v) is 6.28. The summed E-state index contributed by atoms with van der Waals surface area (Å²) in [5, 5.41) is 3.48. The van der Waals surface area contributed by atoms with Gasteiger partial charge in [0.15, 0.2) is 0 Å². The van der Waals surface area contributed by atoms with Gasteiger partial charge in [-0.15, -0.1) is 0 Å². The Morgan fingerprint density at radius 1 is 1.47 bits per heavy atom. The summed E-state index contributed by atoms with van der Waals surface area (Å²) in [4.78, 5) is 11.9. The van der Waals surface area contributed by atoms with Gasteiger partial charge in [0, 0.05) is 13.2 Å². The molecule has 0 aromatic heterocycles. The van der Waals surface area contributed by atoms with Crippen molar-refractivity contribution in [2.24, 2.45) is 0 Å². The van der Waals surface area contributed by atoms with E-state index in [1.807, 2.05) is 0 Å². The average Bonchev–Trinajstić information content (AvgIpc) is 2.82. The fourth-order valence-corrected chi connectivity index (χ4v) is 2.17. The smallest absolute Gasteiger partial charge is 0.252 e. The number of hydrogen-bond donors (Lipinski definition) is 1. The number of benzene rings is 1. The molecule has 0 radical (unpaired) electrons. The van der Waals surface area contributed by atoms with E-state index in [1.165, 1.54) is 0 Å². The molecule has 0 bridgehead atoms. The lowest BCUT2D eigenvalue weighted by atomic mass is 10.2. The average molecular weight is 274 g/mol. The van der Waals surface area contributed by atoms with Crippen LogP contribution in [0.15, 0.2) is 18.2 Å². The first kappa shape index (κ1) is 12.7. The van der Waals surface area contributed by atoms with E-state index in [2.05, 4.69) is 5.32 Å². The molecule has 1 atom stereocenters. The predicted octanol–water partition coefficient (Wildman–Crippen LogP) is 2.90. The molecule has 3 nitrogen and oxygen atoms in total. The molecule has 1 saturated heterocycles. The van der Waals surface area contributed by atoms with Crippen molar-refractivity contribution >= 4 is 29.1 Å². The summed E-state index contributed by atoms with van der Waals surface area (Å²) >= 11 is 11.8. The maximum Gasteiger partial charge on any atom is 0.252 e. The van der Waals surface area contributed by atoms with Gasteiger partial charge in [0.25, 0.3) is 5.91 Å². The van der Waals surface area contributed by atoms with Gasteiger partial charge in [-0.2, -0.15) is 0 Å². The first-order valence-electron chi connectivity index (χ1n) is 5.52. The Kier molecular flexibility index (Phi) is 4.26. The molecule has 1 aliphatic rings. The maximum atomic E-state index is 11.9. The highest BCUT2D eigenvalue weighted by atomic mass is 35.5. The van der Waals surface area contributed by atoms with Crippen LogP contribution in [0.2, 0.25) is 10.0 Å². The van der Waals surface area contributed by atoms with Crippen LogP contribution in [-0.2, 0) is 4.74 Å². The number of ether oxygens (including phenoxy) is 1. The number of carbonyl (C=O) groups excluding carboxylic acids is 1. The third kappa shape index (κ3) is 3.12. The van der Waals surface area contributed by atoms with E-state index < -0.39 is 0 Å². The number of rotatable bonds is 3. The van der Waals surface area contributed by atoms with Crippen molar-refractivity contribution in [3.8, 4) is 0 Å². The topological polar surface area (TPSA) is 38.3 Å². The van der Waals surface area contributed by atoms with Crippen LogP contribution in [0.1, 0.15) is 23.2 Å². The van der Waals surface area contributed by atoms with E-state index in [0.29, 0.717) is 22.2 Å². The number of hydrogen-bond acceptors (Lipinski definition) is 2. The van der Waals surface area contributed by atoms with Crippen LogP contribution in [0.4, 0.5) is 0 Å². The number of amides is 1. The molecule has 17 heavy (non-hydrogen) atoms. The highest BCUT2D eigenvalue weighted by molar-refractivity contribution is 6.43. The van der Waals surface area contributed by atoms with Crippen molar-refractivity contribution in [3.63, 3.8) is 0 Å². The summed E-state index contributed by atoms with van der Waals surface area (Å²) in [7, 11) is 0. The van der Waals surface area contributed by atoms with E-state index in [0.717, 1.165) is 19.4 Å². The Morgan fingerprint density at radius 3 is 3.00 bits per heavy atom. The molecule has 1 aromatic carbocycles. The van der Waals surface area contributed by atoms with Crippen LogP contribution >= 0.6 is 23.2 Å². The summed E-state index contributed by atoms with van der Waals surface area (Å²) in [6.45, 7) is 1.29. The summed E-state index contributed by atoms with van der Waals surface area (Å²) in [5.74, 6) is -0.215. The maximum absolute atomic E-state index is 11.9. The Hall–Kier alpha value is -0.770. The van der Waals surface area contributed by atoms with Crippen molar-refractivity contribution in [2.45, 2.75) is 18.9 Å². The van der Waals surface area contributed by atoms with E-state index in [-0.39, 0.29) is 12.0 Å². The largest absolute Gasteiger partial charge is 0.376 e. The van der Waals surface area contributed by atoms with Crippen molar-refractivity contribution in [1.82, 2.24) is 5.32 Å². The minimum atomic E-state index is -0.215. The molecule has 0 saturated carbocycles. The lowest BCUT2D eigenvalue weighted by Crippen LogP contribution is -2.31. The number of nitrogens with one attached hydrogen (secondary N) is 1. The van der Waals surface area contributed by atoms with Crippen LogP contribution in [0.3, 0.4) is 0 Å². The van der Waals surface area contributed by atoms with Crippen LogP contribution < -0.4 is 5.32 Å². The van der Waals surface area contributed by atoms with Gasteiger partial charge in [-0.3, -0.25) is 4.79 Å². The van der Waals surface area contributed by atoms with Gasteiger partial charge in [0.05, 0.1) is 21.7 Å². The Morgan fingerprint density at radius 2 is 2.29 bits per heavy atom. The fourth-order valence-electron chi connectivity index (χ4n) is 1.79. The summed E-state index contributed by atoms with van der Waals surface area (Å²) in [6.07, 6.45) is 2.17. The SMILES string of the molecule is O=C(NC[C@H]1CCCO1)c1cccc(Cl)c1Cl. The van der Waals surface area contributed by atoms with Gasteiger partial charge in [-0.05, 0) is 25.0 Å². The van der Waals surface area contributed by atoms with E-state index >= 15 is 0 Å². The number of carbonyl (C=O) groups is 1. The van der Waals surface area contributed by atoms with Gasteiger partial charge in [0.2, 0.25) is 0 Å². The molecular formula is C12H13Cl2NO2. The van der Waals surface area contributed by atoms with Gasteiger partial charge in [-0.1, -0.05) is 29.3 Å². The molecule has 2 rings (SSSR count). The van der Waals surface area contributed by atoms with Crippen molar-refractivity contribution in [1.29, 1.82) is 0 Å². The van der Waals surface area contributed by atoms with Crippen LogP contribution in [0.25, 0.3) is 0 Å². The Balaban J connectivity index is 1.97. The molecule has 1 heterocycles. The minimum Gasteiger partial charge on any atom is -0.376 e. The Labute approximate surface area is 110 Å². The lowest BCUT2D eigenvalue weighted by Gasteiger charge is -2.11. The molecule has 0 spiro atoms. The van der Waals surface area contributed by atoms with E-state index in [4.69, 9.17) is 27.9 Å². The highest BCUT2D eigenvalue weighted by Gasteiger charge is 2.18. The van der Waals surface area contributed by atoms with Crippen molar-refractivity contribution in [3.05, 3.63) is 33.8 Å². The molecule has 1 N–H and O–H groups in total. The zero-order valence-electron chi connectivity index (χ0n) is 9.21. The fraction of sp³-hybridized carbons (Fsp3) is 0.417. The van der Waals surface area contributed by atoms with E-state index in [1.54, 1.807) is 18.2 Å². The van der Waals surface area contributed by atoms with Crippen LogP contribution in [-0.4, -0.2) is 25.2 Å². The summed E-state index contributed by atoms with van der Waals surface area (Å²) < 4.78 is 5.42. The standard InChI is InChI=1S/C12H13Cl2NO2/c13-10-5-1-4-9(11(10)14)12(16)15-7-8-3-2-6-17-8/h1,4-5,8H,2-3,6-7H2,(H,15,16)/t8-/m1/s1. The van der Waals surface area contributed by atoms with Crippen LogP contribution in [0, 0.1) is 0 Å². The van der Waals surface area contributed by atoms with Crippen LogP contribution in [0.5, 0.6) is 0 Å². The molecule has 0 unspecified atom stereocenters. The monoisotopic (exact) mass is 273 g/mol. The number of halogens is 2. The highest BCUT2D eigenvalue weighted by Crippen LogP contribution is 2.25. The van der Waals surface area contributed by atoms with Gasteiger partial charge in [0.1, 0.15) is 0 Å². The molecule has 1 aromatic rings. The summed E-state index contributed by atoms with van der Waals surface area (Å²) in [5.41, 5.74) is 0.400. The molecule has 5 heteroatoms. The minimum absolute atomic E-state index is 0.122. The molecule has 1 aliphatic heterocycles. The first-order chi connectivity index (χ1) is 8.18. The van der Waals surface area contributed by atoms with Crippen molar-refractivity contribution < 1.29 is 9.53 Å². The molecule has 1 amide bonds. The molecule has 1 fully saturated rings. The third-order valence-corrected chi connectivity index (χ3v) is 3.53. The third-order valence-electron chi connectivity index (χ3n) is 2.71. The predicted molar refractivity (Wildman–Crippen MR) is 67.8 cm³/mol. The Bertz CT molecular complexity index is 417. The second kappa shape index (κ2) is 5.71. The molecule has 0 aliphatic carbocycles. The lowest BCUT2D eigenvalue weighted by molar-refractivity contribution is 0.0858. The van der Waals surface area contributed by atoms with Gasteiger partial charge in [-0.25, -0.2) is 0 Å². The zero-order valence-corrected chi connectivity index (χ0v) is 10.7.